The van der Waals surface area contributed by atoms with Gasteiger partial charge in [-0.2, -0.15) is 0 Å². The first-order chi connectivity index (χ1) is 26.5. The molecule has 54 heavy (non-hydrogen) atoms. The average molecular weight is 689 g/mol. The lowest BCUT2D eigenvalue weighted by atomic mass is 9.80. The van der Waals surface area contributed by atoms with Crippen LogP contribution < -0.4 is 4.74 Å². The molecular formula is C53H36O. The van der Waals surface area contributed by atoms with Crippen molar-refractivity contribution in [2.45, 2.75) is 19.3 Å². The number of rotatable bonds is 4. The molecule has 9 aromatic rings. The molecule has 1 nitrogen and oxygen atoms in total. The molecule has 1 heteroatoms. The van der Waals surface area contributed by atoms with Gasteiger partial charge in [-0.1, -0.05) is 166 Å². The van der Waals surface area contributed by atoms with Gasteiger partial charge in [0, 0.05) is 16.4 Å². The fourth-order valence-corrected chi connectivity index (χ4v) is 9.19. The molecule has 0 N–H and O–H groups in total. The van der Waals surface area contributed by atoms with Crippen molar-refractivity contribution in [3.8, 4) is 78.3 Å². The van der Waals surface area contributed by atoms with E-state index in [1.54, 1.807) is 0 Å². The first-order valence-corrected chi connectivity index (χ1v) is 18.8. The van der Waals surface area contributed by atoms with E-state index in [0.29, 0.717) is 0 Å². The van der Waals surface area contributed by atoms with Crippen molar-refractivity contribution in [2.75, 3.05) is 0 Å². The molecule has 9 aromatic carbocycles. The predicted octanol–water partition coefficient (Wildman–Crippen LogP) is 14.7. The zero-order valence-corrected chi connectivity index (χ0v) is 30.2. The fraction of sp³-hybridized carbons (Fsp3) is 0.0566. The summed E-state index contributed by atoms with van der Waals surface area (Å²) in [5, 5.41) is 4.98. The first-order valence-electron chi connectivity index (χ1n) is 18.8. The van der Waals surface area contributed by atoms with Crippen LogP contribution in [0.4, 0.5) is 0 Å². The Kier molecular flexibility index (Phi) is 6.66. The fourth-order valence-electron chi connectivity index (χ4n) is 9.19. The Bertz CT molecular complexity index is 2970. The largest absolute Gasteiger partial charge is 0.456 e. The minimum atomic E-state index is -0.120. The van der Waals surface area contributed by atoms with Gasteiger partial charge in [-0.3, -0.25) is 0 Å². The van der Waals surface area contributed by atoms with E-state index in [4.69, 9.17) is 4.74 Å². The molecule has 1 heterocycles. The minimum absolute atomic E-state index is 0.120. The average Bonchev–Trinajstić information content (AvgIpc) is 3.47. The summed E-state index contributed by atoms with van der Waals surface area (Å²) >= 11 is 0. The second-order valence-corrected chi connectivity index (χ2v) is 15.2. The Labute approximate surface area is 315 Å². The van der Waals surface area contributed by atoms with Crippen LogP contribution in [0.3, 0.4) is 0 Å². The highest BCUT2D eigenvalue weighted by Gasteiger charge is 2.36. The van der Waals surface area contributed by atoms with Crippen LogP contribution in [0.25, 0.3) is 88.3 Å². The lowest BCUT2D eigenvalue weighted by Crippen LogP contribution is -2.15. The first kappa shape index (κ1) is 30.9. The van der Waals surface area contributed by atoms with Crippen LogP contribution in [0.5, 0.6) is 11.5 Å². The second-order valence-electron chi connectivity index (χ2n) is 15.2. The molecule has 0 saturated heterocycles. The molecule has 11 rings (SSSR count). The minimum Gasteiger partial charge on any atom is -0.456 e. The summed E-state index contributed by atoms with van der Waals surface area (Å²) in [4.78, 5) is 0. The van der Waals surface area contributed by atoms with Crippen LogP contribution in [-0.4, -0.2) is 0 Å². The van der Waals surface area contributed by atoms with E-state index in [2.05, 4.69) is 196 Å². The molecule has 2 aliphatic rings. The zero-order valence-electron chi connectivity index (χ0n) is 30.2. The van der Waals surface area contributed by atoms with Crippen LogP contribution in [0.1, 0.15) is 25.0 Å². The van der Waals surface area contributed by atoms with Crippen molar-refractivity contribution < 1.29 is 4.74 Å². The van der Waals surface area contributed by atoms with Crippen LogP contribution in [0.2, 0.25) is 0 Å². The van der Waals surface area contributed by atoms with E-state index >= 15 is 0 Å². The normalized spacial score (nSPS) is 13.3. The predicted molar refractivity (Wildman–Crippen MR) is 226 cm³/mol. The molecule has 1 aliphatic carbocycles. The van der Waals surface area contributed by atoms with Crippen LogP contribution in [0, 0.1) is 0 Å². The summed E-state index contributed by atoms with van der Waals surface area (Å²) < 4.78 is 6.62. The van der Waals surface area contributed by atoms with Crippen LogP contribution in [-0.2, 0) is 5.41 Å². The van der Waals surface area contributed by atoms with Gasteiger partial charge < -0.3 is 4.74 Å². The number of fused-ring (bicyclic) bond motifs is 7. The quantitative estimate of drug-likeness (QED) is 0.179. The molecule has 0 spiro atoms. The van der Waals surface area contributed by atoms with Crippen molar-refractivity contribution in [1.29, 1.82) is 0 Å². The molecule has 0 fully saturated rings. The third-order valence-corrected chi connectivity index (χ3v) is 11.9. The third kappa shape index (κ3) is 4.58. The van der Waals surface area contributed by atoms with Crippen molar-refractivity contribution in [1.82, 2.24) is 0 Å². The summed E-state index contributed by atoms with van der Waals surface area (Å²) in [7, 11) is 0. The van der Waals surface area contributed by atoms with Gasteiger partial charge in [-0.15, -0.1) is 0 Å². The summed E-state index contributed by atoms with van der Waals surface area (Å²) in [6, 6.07) is 66.6. The molecule has 0 saturated carbocycles. The van der Waals surface area contributed by atoms with Gasteiger partial charge in [0.2, 0.25) is 0 Å². The van der Waals surface area contributed by atoms with Gasteiger partial charge in [-0.05, 0) is 119 Å². The van der Waals surface area contributed by atoms with E-state index in [1.807, 2.05) is 0 Å². The molecule has 0 atom stereocenters. The van der Waals surface area contributed by atoms with E-state index in [-0.39, 0.29) is 5.41 Å². The molecule has 254 valence electrons. The molecular weight excluding hydrogens is 653 g/mol. The molecule has 1 aliphatic heterocycles. The number of ether oxygens (including phenoxy) is 1. The summed E-state index contributed by atoms with van der Waals surface area (Å²) in [5.41, 5.74) is 17.4. The number of hydrogen-bond acceptors (Lipinski definition) is 1. The highest BCUT2D eigenvalue weighted by molar-refractivity contribution is 6.10. The van der Waals surface area contributed by atoms with Crippen molar-refractivity contribution in [2.24, 2.45) is 0 Å². The van der Waals surface area contributed by atoms with Crippen molar-refractivity contribution in [3.63, 3.8) is 0 Å². The van der Waals surface area contributed by atoms with Crippen molar-refractivity contribution >= 4 is 21.5 Å². The SMILES string of the molecule is CC1(C)c2cc(-c3cc(-c4ccc5c(c4)-c4cccc6c(-c7ccccc7)ccc(c46)O5)ccc3-c3ccccc3)ccc2-c2c1ccc1ccccc21. The van der Waals surface area contributed by atoms with Gasteiger partial charge in [0.05, 0.1) is 0 Å². The maximum absolute atomic E-state index is 6.62. The zero-order chi connectivity index (χ0) is 36.0. The lowest BCUT2D eigenvalue weighted by molar-refractivity contribution is 0.487. The van der Waals surface area contributed by atoms with Gasteiger partial charge in [0.15, 0.2) is 0 Å². The molecule has 0 radical (unpaired) electrons. The Hall–Kier alpha value is -6.70. The molecule has 0 bridgehead atoms. The number of hydrogen-bond donors (Lipinski definition) is 0. The maximum Gasteiger partial charge on any atom is 0.135 e. The molecule has 0 unspecified atom stereocenters. The Morgan fingerprint density at radius 2 is 0.981 bits per heavy atom. The van der Waals surface area contributed by atoms with E-state index < -0.39 is 0 Å². The summed E-state index contributed by atoms with van der Waals surface area (Å²) in [5.74, 6) is 1.80. The van der Waals surface area contributed by atoms with Crippen LogP contribution in [0.15, 0.2) is 182 Å². The Morgan fingerprint density at radius 3 is 1.80 bits per heavy atom. The Morgan fingerprint density at radius 1 is 0.352 bits per heavy atom. The Balaban J connectivity index is 1.07. The van der Waals surface area contributed by atoms with Gasteiger partial charge in [0.1, 0.15) is 11.5 Å². The lowest BCUT2D eigenvalue weighted by Gasteiger charge is -2.24. The third-order valence-electron chi connectivity index (χ3n) is 11.9. The summed E-state index contributed by atoms with van der Waals surface area (Å²) in [6.07, 6.45) is 0. The van der Waals surface area contributed by atoms with Crippen molar-refractivity contribution in [3.05, 3.63) is 193 Å². The molecule has 0 aromatic heterocycles. The second kappa shape index (κ2) is 11.7. The topological polar surface area (TPSA) is 9.23 Å². The maximum atomic E-state index is 6.62. The van der Waals surface area contributed by atoms with Gasteiger partial charge >= 0.3 is 0 Å². The van der Waals surface area contributed by atoms with Gasteiger partial charge in [0.25, 0.3) is 0 Å². The van der Waals surface area contributed by atoms with E-state index in [9.17, 15) is 0 Å². The number of benzene rings is 9. The molecule has 0 amide bonds. The highest BCUT2D eigenvalue weighted by atomic mass is 16.5. The standard InChI is InChI=1S/C53H36O/c1-53(2)47-27-22-35-16-9-10-17-41(35)51(47)44-25-21-38(32-48(44)53)45-30-36(20-24-40(45)34-14-7-4-8-15-34)37-23-28-49-46(31-37)43-19-11-18-42-39(33-12-5-3-6-13-33)26-29-50(54-49)52(42)43/h3-32H,1-2H3. The highest BCUT2D eigenvalue weighted by Crippen LogP contribution is 2.53. The van der Waals surface area contributed by atoms with Crippen LogP contribution >= 0.6 is 0 Å². The summed E-state index contributed by atoms with van der Waals surface area (Å²) in [6.45, 7) is 4.75. The van der Waals surface area contributed by atoms with Gasteiger partial charge in [-0.25, -0.2) is 0 Å². The van der Waals surface area contributed by atoms with E-state index in [0.717, 1.165) is 22.4 Å². The smallest absolute Gasteiger partial charge is 0.135 e. The van der Waals surface area contributed by atoms with E-state index in [1.165, 1.54) is 88.5 Å². The monoisotopic (exact) mass is 688 g/mol.